The summed E-state index contributed by atoms with van der Waals surface area (Å²) in [7, 11) is -1.78. The number of rotatable bonds is 12. The fourth-order valence-corrected chi connectivity index (χ4v) is 17.9. The molecule has 0 heterocycles. The smallest absolute Gasteiger partial charge is 0 e. The topological polar surface area (TPSA) is 0 Å². The Balaban J connectivity index is 0.000000149. The van der Waals surface area contributed by atoms with E-state index in [1.54, 1.807) is 0 Å². The van der Waals surface area contributed by atoms with E-state index >= 15 is 0 Å². The van der Waals surface area contributed by atoms with Crippen LogP contribution in [0.4, 0.5) is 0 Å². The third kappa shape index (κ3) is 17.2. The molecule has 0 unspecified atom stereocenters. The minimum Gasteiger partial charge on any atom is -0.0622 e. The Kier molecular flexibility index (Phi) is 25.1. The van der Waals surface area contributed by atoms with Crippen LogP contribution >= 0.6 is 31.7 Å². The van der Waals surface area contributed by atoms with Crippen LogP contribution in [0.1, 0.15) is 0 Å². The maximum absolute atomic E-state index is 2.23. The zero-order chi connectivity index (χ0) is 51.7. The Morgan fingerprint density at radius 1 is 0.115 bits per heavy atom. The molecule has 0 bridgehead atoms. The molecule has 0 aliphatic heterocycles. The molecule has 0 aliphatic rings. The Hall–Kier alpha value is -6.52. The molecule has 6 heteroatoms. The molecule has 387 valence electrons. The number of hydrogen-bond donors (Lipinski definition) is 0. The van der Waals surface area contributed by atoms with Gasteiger partial charge in [-0.1, -0.05) is 364 Å². The summed E-state index contributed by atoms with van der Waals surface area (Å²) in [5.41, 5.74) is 0. The van der Waals surface area contributed by atoms with E-state index in [1.165, 1.54) is 63.7 Å². The zero-order valence-electron chi connectivity index (χ0n) is 43.1. The number of hydrogen-bond acceptors (Lipinski definition) is 0. The summed E-state index contributed by atoms with van der Waals surface area (Å²) >= 11 is 0. The molecule has 0 saturated heterocycles. The van der Waals surface area contributed by atoms with E-state index in [0.29, 0.717) is 0 Å². The van der Waals surface area contributed by atoms with Crippen LogP contribution in [0.25, 0.3) is 0 Å². The maximum atomic E-state index is 2.23. The molecule has 0 aromatic heterocycles. The average molecular weight is 1210 g/mol. The molecule has 0 fully saturated rings. The Morgan fingerprint density at radius 3 is 0.244 bits per heavy atom. The molecule has 12 aromatic rings. The average Bonchev–Trinajstić information content (AvgIpc) is 3.51. The molecular formula is C72H60NiP4Rh. The van der Waals surface area contributed by atoms with Gasteiger partial charge in [-0.2, -0.15) is 0 Å². The van der Waals surface area contributed by atoms with Gasteiger partial charge in [0.2, 0.25) is 0 Å². The fraction of sp³-hybridized carbons (Fsp3) is 0. The van der Waals surface area contributed by atoms with E-state index in [1.807, 2.05) is 0 Å². The SMILES string of the molecule is [Ni].[Rh].c1ccc(P(c2ccccc2)c2ccccc2)cc1.c1ccc(P(c2ccccc2)c2ccccc2)cc1.c1ccc(P(c2ccccc2)c2ccccc2)cc1.c1ccc(P(c2ccccc2)c2ccccc2)cc1. The summed E-state index contributed by atoms with van der Waals surface area (Å²) in [5, 5.41) is 16.8. The number of benzene rings is 12. The van der Waals surface area contributed by atoms with Gasteiger partial charge in [-0.15, -0.1) is 0 Å². The molecule has 0 amide bonds. The van der Waals surface area contributed by atoms with Gasteiger partial charge in [0.05, 0.1) is 0 Å². The van der Waals surface area contributed by atoms with Gasteiger partial charge in [-0.25, -0.2) is 0 Å². The second-order valence-corrected chi connectivity index (χ2v) is 26.2. The summed E-state index contributed by atoms with van der Waals surface area (Å²) in [4.78, 5) is 0. The molecule has 0 saturated carbocycles. The van der Waals surface area contributed by atoms with Crippen LogP contribution in [0.3, 0.4) is 0 Å². The van der Waals surface area contributed by atoms with Crippen LogP contribution in [-0.4, -0.2) is 0 Å². The summed E-state index contributed by atoms with van der Waals surface area (Å²) in [6.07, 6.45) is 0. The quantitative estimate of drug-likeness (QED) is 0.0845. The second-order valence-electron chi connectivity index (χ2n) is 17.4. The Morgan fingerprint density at radius 2 is 0.179 bits per heavy atom. The maximum Gasteiger partial charge on any atom is 0 e. The minimum absolute atomic E-state index is 0. The molecule has 12 aromatic carbocycles. The van der Waals surface area contributed by atoms with Crippen LogP contribution in [0.5, 0.6) is 0 Å². The van der Waals surface area contributed by atoms with Crippen molar-refractivity contribution in [3.05, 3.63) is 364 Å². The van der Waals surface area contributed by atoms with Crippen molar-refractivity contribution in [2.45, 2.75) is 0 Å². The van der Waals surface area contributed by atoms with Crippen LogP contribution in [0.15, 0.2) is 364 Å². The van der Waals surface area contributed by atoms with Gasteiger partial charge in [-0.05, 0) is 95.3 Å². The van der Waals surface area contributed by atoms with Crippen molar-refractivity contribution in [2.75, 3.05) is 0 Å². The van der Waals surface area contributed by atoms with Crippen LogP contribution in [0.2, 0.25) is 0 Å². The molecule has 0 N–H and O–H groups in total. The molecule has 12 rings (SSSR count). The van der Waals surface area contributed by atoms with Crippen LogP contribution in [0, 0.1) is 0 Å². The molecule has 0 nitrogen and oxygen atoms in total. The van der Waals surface area contributed by atoms with Crippen molar-refractivity contribution in [1.82, 2.24) is 0 Å². The van der Waals surface area contributed by atoms with Crippen molar-refractivity contribution in [2.24, 2.45) is 0 Å². The van der Waals surface area contributed by atoms with Crippen molar-refractivity contribution >= 4 is 95.3 Å². The Bertz CT molecular complexity index is 2580. The van der Waals surface area contributed by atoms with E-state index in [4.69, 9.17) is 0 Å². The van der Waals surface area contributed by atoms with Gasteiger partial charge in [0, 0.05) is 36.0 Å². The predicted octanol–water partition coefficient (Wildman–Crippen LogP) is 13.8. The molecule has 1 radical (unpaired) electrons. The van der Waals surface area contributed by atoms with Crippen molar-refractivity contribution in [3.63, 3.8) is 0 Å². The standard InChI is InChI=1S/4C18H15P.Ni.Rh/c4*1-4-10-16(11-5-1)19(17-12-6-2-7-13-17)18-14-8-3-9-15-18;;/h4*1-15H;;. The first kappa shape index (κ1) is 59.1. The third-order valence-corrected chi connectivity index (χ3v) is 21.9. The van der Waals surface area contributed by atoms with Gasteiger partial charge < -0.3 is 0 Å². The minimum atomic E-state index is -0.446. The third-order valence-electron chi connectivity index (χ3n) is 12.2. The van der Waals surface area contributed by atoms with Crippen LogP contribution in [-0.2, 0) is 36.0 Å². The van der Waals surface area contributed by atoms with Crippen molar-refractivity contribution in [3.8, 4) is 0 Å². The van der Waals surface area contributed by atoms with Crippen LogP contribution < -0.4 is 63.7 Å². The van der Waals surface area contributed by atoms with Gasteiger partial charge in [-0.3, -0.25) is 0 Å². The summed E-state index contributed by atoms with van der Waals surface area (Å²) in [6.45, 7) is 0. The monoisotopic (exact) mass is 1210 g/mol. The van der Waals surface area contributed by atoms with E-state index in [0.717, 1.165) is 0 Å². The summed E-state index contributed by atoms with van der Waals surface area (Å²) in [5.74, 6) is 0. The van der Waals surface area contributed by atoms with Gasteiger partial charge in [0.1, 0.15) is 0 Å². The molecule has 0 aliphatic carbocycles. The van der Waals surface area contributed by atoms with Gasteiger partial charge in [0.25, 0.3) is 0 Å². The largest absolute Gasteiger partial charge is 0.0622 e. The molecule has 78 heavy (non-hydrogen) atoms. The normalized spacial score (nSPS) is 10.3. The fourth-order valence-electron chi connectivity index (χ4n) is 8.71. The summed E-state index contributed by atoms with van der Waals surface area (Å²) < 4.78 is 0. The van der Waals surface area contributed by atoms with Crippen molar-refractivity contribution in [1.29, 1.82) is 0 Å². The van der Waals surface area contributed by atoms with E-state index < -0.39 is 31.7 Å². The second kappa shape index (κ2) is 33.0. The predicted molar refractivity (Wildman–Crippen MR) is 341 cm³/mol. The Labute approximate surface area is 491 Å². The molecule has 0 atom stereocenters. The summed E-state index contributed by atoms with van der Waals surface area (Å²) in [6, 6.07) is 129. The first-order chi connectivity index (χ1) is 37.8. The van der Waals surface area contributed by atoms with Crippen molar-refractivity contribution < 1.29 is 36.0 Å². The van der Waals surface area contributed by atoms with E-state index in [2.05, 4.69) is 364 Å². The zero-order valence-corrected chi connectivity index (χ0v) is 49.3. The van der Waals surface area contributed by atoms with E-state index in [-0.39, 0.29) is 36.0 Å². The molecular weight excluding hydrogens is 1150 g/mol. The first-order valence-electron chi connectivity index (χ1n) is 25.6. The van der Waals surface area contributed by atoms with E-state index in [9.17, 15) is 0 Å². The van der Waals surface area contributed by atoms with Gasteiger partial charge in [0.15, 0.2) is 0 Å². The molecule has 0 spiro atoms. The van der Waals surface area contributed by atoms with Gasteiger partial charge >= 0.3 is 0 Å². The first-order valence-corrected chi connectivity index (χ1v) is 31.0.